The Hall–Kier alpha value is -2.29. The second-order valence-corrected chi connectivity index (χ2v) is 9.19. The summed E-state index contributed by atoms with van der Waals surface area (Å²) >= 11 is 3.07. The number of rotatable bonds is 10. The van der Waals surface area contributed by atoms with E-state index in [1.165, 1.54) is 17.3 Å². The molecule has 1 atom stereocenters. The zero-order valence-corrected chi connectivity index (χ0v) is 20.0. The van der Waals surface area contributed by atoms with Gasteiger partial charge in [-0.3, -0.25) is 9.69 Å². The van der Waals surface area contributed by atoms with Gasteiger partial charge in [-0.25, -0.2) is 0 Å². The minimum Gasteiger partial charge on any atom is -0.325 e. The lowest BCUT2D eigenvalue weighted by atomic mass is 10.2. The van der Waals surface area contributed by atoms with Gasteiger partial charge in [0.15, 0.2) is 11.0 Å². The van der Waals surface area contributed by atoms with Gasteiger partial charge in [0.2, 0.25) is 5.91 Å². The Balaban J connectivity index is 1.76. The van der Waals surface area contributed by atoms with Crippen molar-refractivity contribution in [3.63, 3.8) is 0 Å². The van der Waals surface area contributed by atoms with Crippen molar-refractivity contribution in [1.82, 2.24) is 19.7 Å². The number of carbonyl (C=O) groups excluding carboxylic acids is 1. The average molecular weight is 456 g/mol. The Morgan fingerprint density at radius 1 is 1.13 bits per heavy atom. The van der Waals surface area contributed by atoms with E-state index in [0.717, 1.165) is 28.0 Å². The van der Waals surface area contributed by atoms with E-state index in [1.54, 1.807) is 11.8 Å². The maximum Gasteiger partial charge on any atom is 0.234 e. The summed E-state index contributed by atoms with van der Waals surface area (Å²) in [6, 6.07) is 18.3. The summed E-state index contributed by atoms with van der Waals surface area (Å²) < 4.78 is 2.13. The van der Waals surface area contributed by atoms with Gasteiger partial charge in [-0.1, -0.05) is 55.1 Å². The van der Waals surface area contributed by atoms with Crippen LogP contribution in [0.1, 0.15) is 30.8 Å². The van der Waals surface area contributed by atoms with Crippen LogP contribution in [0.25, 0.3) is 0 Å². The van der Waals surface area contributed by atoms with E-state index in [9.17, 15) is 4.79 Å². The molecule has 8 heteroatoms. The van der Waals surface area contributed by atoms with Crippen LogP contribution in [-0.2, 0) is 11.3 Å². The first-order chi connectivity index (χ1) is 15.0. The maximum absolute atomic E-state index is 12.6. The summed E-state index contributed by atoms with van der Waals surface area (Å²) in [5.74, 6) is 1.14. The first-order valence-electron chi connectivity index (χ1n) is 10.2. The van der Waals surface area contributed by atoms with Crippen molar-refractivity contribution in [3.8, 4) is 0 Å². The quantitative estimate of drug-likeness (QED) is 0.444. The molecule has 1 aromatic heterocycles. The van der Waals surface area contributed by atoms with Crippen molar-refractivity contribution in [2.24, 2.45) is 0 Å². The SMILES string of the molecule is CCC(c1nnc(SCC(=O)Nc2cccc(SC)c2)n1Cc1ccccc1)N(C)C. The largest absolute Gasteiger partial charge is 0.325 e. The number of anilines is 1. The molecule has 0 radical (unpaired) electrons. The predicted molar refractivity (Wildman–Crippen MR) is 130 cm³/mol. The van der Waals surface area contributed by atoms with E-state index < -0.39 is 0 Å². The van der Waals surface area contributed by atoms with Crippen molar-refractivity contribution in [3.05, 3.63) is 66.0 Å². The Bertz CT molecular complexity index is 991. The molecule has 0 bridgehead atoms. The predicted octanol–water partition coefficient (Wildman–Crippen LogP) is 4.79. The third-order valence-electron chi connectivity index (χ3n) is 4.92. The number of hydrogen-bond donors (Lipinski definition) is 1. The minimum absolute atomic E-state index is 0.0567. The van der Waals surface area contributed by atoms with Gasteiger partial charge in [-0.15, -0.1) is 22.0 Å². The number of amides is 1. The fourth-order valence-electron chi connectivity index (χ4n) is 3.37. The standard InChI is InChI=1S/C23H29N5OS2/c1-5-20(27(2)3)22-25-26-23(28(22)15-17-10-7-6-8-11-17)31-16-21(29)24-18-12-9-13-19(14-18)30-4/h6-14,20H,5,15-16H2,1-4H3,(H,24,29). The lowest BCUT2D eigenvalue weighted by Crippen LogP contribution is -2.23. The number of hydrogen-bond acceptors (Lipinski definition) is 6. The number of benzene rings is 2. The van der Waals surface area contributed by atoms with Crippen LogP contribution in [0.15, 0.2) is 64.6 Å². The van der Waals surface area contributed by atoms with Crippen molar-refractivity contribution < 1.29 is 4.79 Å². The fraction of sp³-hybridized carbons (Fsp3) is 0.348. The van der Waals surface area contributed by atoms with E-state index in [4.69, 9.17) is 0 Å². The highest BCUT2D eigenvalue weighted by Crippen LogP contribution is 2.26. The first-order valence-corrected chi connectivity index (χ1v) is 12.4. The Morgan fingerprint density at radius 2 is 1.90 bits per heavy atom. The molecule has 1 N–H and O–H groups in total. The summed E-state index contributed by atoms with van der Waals surface area (Å²) in [5.41, 5.74) is 1.99. The highest BCUT2D eigenvalue weighted by molar-refractivity contribution is 7.99. The minimum atomic E-state index is -0.0567. The maximum atomic E-state index is 12.6. The summed E-state index contributed by atoms with van der Waals surface area (Å²) in [4.78, 5) is 15.8. The van der Waals surface area contributed by atoms with E-state index >= 15 is 0 Å². The van der Waals surface area contributed by atoms with E-state index in [-0.39, 0.29) is 17.7 Å². The molecule has 0 fully saturated rings. The Morgan fingerprint density at radius 3 is 2.58 bits per heavy atom. The van der Waals surface area contributed by atoms with Crippen LogP contribution in [0.3, 0.4) is 0 Å². The highest BCUT2D eigenvalue weighted by atomic mass is 32.2. The topological polar surface area (TPSA) is 63.1 Å². The van der Waals surface area contributed by atoms with Crippen molar-refractivity contribution >= 4 is 35.1 Å². The van der Waals surface area contributed by atoms with Gasteiger partial charge in [0, 0.05) is 10.6 Å². The third-order valence-corrected chi connectivity index (χ3v) is 6.62. The molecule has 2 aromatic carbocycles. The van der Waals surface area contributed by atoms with Gasteiger partial charge in [-0.2, -0.15) is 0 Å². The number of aromatic nitrogens is 3. The van der Waals surface area contributed by atoms with Gasteiger partial charge in [0.1, 0.15) is 0 Å². The van der Waals surface area contributed by atoms with Crippen LogP contribution in [0.5, 0.6) is 0 Å². The summed E-state index contributed by atoms with van der Waals surface area (Å²) in [6.07, 6.45) is 2.95. The monoisotopic (exact) mass is 455 g/mol. The Kier molecular flexibility index (Phi) is 8.57. The van der Waals surface area contributed by atoms with Gasteiger partial charge in [0.05, 0.1) is 18.3 Å². The molecule has 0 saturated carbocycles. The molecule has 164 valence electrons. The molecule has 0 saturated heterocycles. The summed E-state index contributed by atoms with van der Waals surface area (Å²) in [5, 5.41) is 12.7. The van der Waals surface area contributed by atoms with Gasteiger partial charge in [0.25, 0.3) is 0 Å². The van der Waals surface area contributed by atoms with Crippen LogP contribution < -0.4 is 5.32 Å². The highest BCUT2D eigenvalue weighted by Gasteiger charge is 2.22. The number of nitrogens with zero attached hydrogens (tertiary/aromatic N) is 4. The molecule has 3 aromatic rings. The van der Waals surface area contributed by atoms with Crippen LogP contribution in [0.4, 0.5) is 5.69 Å². The van der Waals surface area contributed by atoms with Crippen LogP contribution in [0.2, 0.25) is 0 Å². The molecule has 0 aliphatic rings. The zero-order valence-electron chi connectivity index (χ0n) is 18.4. The Labute approximate surface area is 192 Å². The summed E-state index contributed by atoms with van der Waals surface area (Å²) in [6.45, 7) is 2.82. The van der Waals surface area contributed by atoms with E-state index in [1.807, 2.05) is 48.7 Å². The van der Waals surface area contributed by atoms with Crippen LogP contribution in [0, 0.1) is 0 Å². The van der Waals surface area contributed by atoms with E-state index in [0.29, 0.717) is 6.54 Å². The lowest BCUT2D eigenvalue weighted by Gasteiger charge is -2.23. The van der Waals surface area contributed by atoms with Crippen molar-refractivity contribution in [2.75, 3.05) is 31.4 Å². The third kappa shape index (κ3) is 6.35. The molecule has 0 aliphatic carbocycles. The molecule has 0 aliphatic heterocycles. The second-order valence-electron chi connectivity index (χ2n) is 7.37. The van der Waals surface area contributed by atoms with Gasteiger partial charge < -0.3 is 9.88 Å². The molecular formula is C23H29N5OS2. The molecule has 6 nitrogen and oxygen atoms in total. The molecular weight excluding hydrogens is 426 g/mol. The lowest BCUT2D eigenvalue weighted by molar-refractivity contribution is -0.113. The van der Waals surface area contributed by atoms with Crippen molar-refractivity contribution in [1.29, 1.82) is 0 Å². The molecule has 31 heavy (non-hydrogen) atoms. The zero-order chi connectivity index (χ0) is 22.2. The molecule has 1 unspecified atom stereocenters. The second kappa shape index (κ2) is 11.4. The molecule has 1 amide bonds. The number of thioether (sulfide) groups is 2. The van der Waals surface area contributed by atoms with E-state index in [2.05, 4.69) is 58.1 Å². The molecule has 1 heterocycles. The smallest absolute Gasteiger partial charge is 0.234 e. The van der Waals surface area contributed by atoms with Crippen LogP contribution in [-0.4, -0.2) is 51.7 Å². The van der Waals surface area contributed by atoms with Gasteiger partial charge in [-0.05, 0) is 50.5 Å². The number of carbonyl (C=O) groups is 1. The molecule has 3 rings (SSSR count). The molecule has 0 spiro atoms. The first kappa shape index (κ1) is 23.4. The average Bonchev–Trinajstić information content (AvgIpc) is 3.15. The normalized spacial score (nSPS) is 12.2. The fourth-order valence-corrected chi connectivity index (χ4v) is 4.58. The number of nitrogens with one attached hydrogen (secondary N) is 1. The van der Waals surface area contributed by atoms with Crippen molar-refractivity contribution in [2.45, 2.75) is 36.0 Å². The van der Waals surface area contributed by atoms with Crippen LogP contribution >= 0.6 is 23.5 Å². The summed E-state index contributed by atoms with van der Waals surface area (Å²) in [7, 11) is 4.11. The van der Waals surface area contributed by atoms with Gasteiger partial charge >= 0.3 is 0 Å².